The first kappa shape index (κ1) is 13.1. The fourth-order valence-corrected chi connectivity index (χ4v) is 8.73. The third-order valence-corrected chi connectivity index (χ3v) is 9.94. The standard InChI is InChI=1S/C11H26FN5S/c12-18(11-4-2-7-14-18,15-8-5-9-16-18)17-10-3-1-6-13-17/h13-16H,1-11H2. The van der Waals surface area contributed by atoms with Gasteiger partial charge in [0.2, 0.25) is 0 Å². The number of nitrogens with zero attached hydrogens (tertiary/aromatic N) is 1. The Hall–Kier alpha value is 0.0800. The maximum Gasteiger partial charge on any atom is 0.0331 e. The molecule has 3 rings (SSSR count). The van der Waals surface area contributed by atoms with Crippen molar-refractivity contribution in [1.82, 2.24) is 24.0 Å². The summed E-state index contributed by atoms with van der Waals surface area (Å²) in [5.74, 6) is 0.549. The fourth-order valence-electron chi connectivity index (χ4n) is 3.42. The molecule has 0 aromatic rings. The van der Waals surface area contributed by atoms with Crippen LogP contribution in [-0.2, 0) is 0 Å². The normalized spacial score (nSPS) is 39.2. The molecule has 0 amide bonds. The van der Waals surface area contributed by atoms with Crippen LogP contribution in [0.5, 0.6) is 0 Å². The molecule has 0 radical (unpaired) electrons. The van der Waals surface area contributed by atoms with Gasteiger partial charge in [0, 0.05) is 47.9 Å². The van der Waals surface area contributed by atoms with Gasteiger partial charge in [-0.2, -0.15) is 8.30 Å². The SMILES string of the molecule is FS12(N3CCCCN3)(CCCCN1)NCCCN2. The van der Waals surface area contributed by atoms with Gasteiger partial charge in [-0.15, -0.1) is 0 Å². The van der Waals surface area contributed by atoms with Crippen LogP contribution in [0.25, 0.3) is 0 Å². The van der Waals surface area contributed by atoms with Crippen molar-refractivity contribution in [3.05, 3.63) is 0 Å². The molecule has 0 saturated carbocycles. The van der Waals surface area contributed by atoms with Gasteiger partial charge in [0.15, 0.2) is 0 Å². The average Bonchev–Trinajstić information content (AvgIpc) is 2.41. The lowest BCUT2D eigenvalue weighted by Gasteiger charge is -2.81. The van der Waals surface area contributed by atoms with E-state index >= 15 is 3.89 Å². The number of rotatable bonds is 1. The van der Waals surface area contributed by atoms with Gasteiger partial charge in [-0.1, -0.05) is 0 Å². The molecular weight excluding hydrogens is 253 g/mol. The second-order valence-corrected chi connectivity index (χ2v) is 10.5. The quantitative estimate of drug-likeness (QED) is 0.576. The topological polar surface area (TPSA) is 51.4 Å². The summed E-state index contributed by atoms with van der Waals surface area (Å²) in [4.78, 5) is 0. The van der Waals surface area contributed by atoms with Crippen molar-refractivity contribution in [3.8, 4) is 0 Å². The van der Waals surface area contributed by atoms with Crippen LogP contribution < -0.4 is 19.6 Å². The number of nitrogens with one attached hydrogen (secondary N) is 4. The molecule has 7 heteroatoms. The molecule has 4 N–H and O–H groups in total. The summed E-state index contributed by atoms with van der Waals surface area (Å²) < 4.78 is 28.4. The molecule has 108 valence electrons. The first-order chi connectivity index (χ1) is 8.62. The first-order valence-electron chi connectivity index (χ1n) is 7.19. The van der Waals surface area contributed by atoms with Crippen LogP contribution in [0.15, 0.2) is 0 Å². The Balaban J connectivity index is 2.00. The van der Waals surface area contributed by atoms with Gasteiger partial charge < -0.3 is 0 Å². The van der Waals surface area contributed by atoms with E-state index in [0.717, 1.165) is 64.8 Å². The Morgan fingerprint density at radius 3 is 2.00 bits per heavy atom. The smallest absolute Gasteiger partial charge is 0.0331 e. The van der Waals surface area contributed by atoms with Crippen molar-refractivity contribution in [2.24, 2.45) is 0 Å². The predicted octanol–water partition coefficient (Wildman–Crippen LogP) is 0.974. The minimum absolute atomic E-state index is 0.549. The second-order valence-electron chi connectivity index (χ2n) is 5.72. The van der Waals surface area contributed by atoms with E-state index in [9.17, 15) is 0 Å². The maximum absolute atomic E-state index is 16.7. The summed E-state index contributed by atoms with van der Waals surface area (Å²) in [5, 5.41) is 0. The van der Waals surface area contributed by atoms with Crippen LogP contribution in [0.1, 0.15) is 32.1 Å². The summed E-state index contributed by atoms with van der Waals surface area (Å²) >= 11 is 0. The summed E-state index contributed by atoms with van der Waals surface area (Å²) in [6.07, 6.45) is 5.16. The van der Waals surface area contributed by atoms with E-state index in [0.29, 0.717) is 5.75 Å². The summed E-state index contributed by atoms with van der Waals surface area (Å²) in [6.45, 7) is 3.88. The van der Waals surface area contributed by atoms with E-state index in [1.807, 2.05) is 4.41 Å². The molecule has 0 aromatic heterocycles. The Bertz CT molecular complexity index is 303. The van der Waals surface area contributed by atoms with E-state index in [1.54, 1.807) is 0 Å². The molecule has 3 aliphatic rings. The minimum Gasteiger partial charge on any atom is -0.243 e. The van der Waals surface area contributed by atoms with Gasteiger partial charge in [-0.25, -0.2) is 19.6 Å². The van der Waals surface area contributed by atoms with E-state index in [2.05, 4.69) is 19.6 Å². The van der Waals surface area contributed by atoms with Crippen molar-refractivity contribution in [2.45, 2.75) is 32.1 Å². The van der Waals surface area contributed by atoms with Crippen molar-refractivity contribution in [1.29, 1.82) is 0 Å². The lowest BCUT2D eigenvalue weighted by Crippen LogP contribution is -2.79. The van der Waals surface area contributed by atoms with Gasteiger partial charge in [-0.05, 0) is 32.1 Å². The Morgan fingerprint density at radius 2 is 1.44 bits per heavy atom. The van der Waals surface area contributed by atoms with Crippen LogP contribution in [0.4, 0.5) is 3.89 Å². The largest absolute Gasteiger partial charge is 0.243 e. The highest BCUT2D eigenvalue weighted by atomic mass is 32.4. The van der Waals surface area contributed by atoms with Crippen molar-refractivity contribution < 1.29 is 3.89 Å². The minimum atomic E-state index is -4.18. The highest BCUT2D eigenvalue weighted by Gasteiger charge is 2.65. The molecule has 5 nitrogen and oxygen atoms in total. The number of halogens is 1. The van der Waals surface area contributed by atoms with Gasteiger partial charge in [-0.3, -0.25) is 0 Å². The number of hydrogen-bond acceptors (Lipinski definition) is 5. The van der Waals surface area contributed by atoms with Gasteiger partial charge in [0.1, 0.15) is 0 Å². The summed E-state index contributed by atoms with van der Waals surface area (Å²) in [7, 11) is -4.18. The lowest BCUT2D eigenvalue weighted by molar-refractivity contribution is 0.236. The average molecular weight is 279 g/mol. The van der Waals surface area contributed by atoms with Crippen LogP contribution >= 0.6 is 9.42 Å². The maximum atomic E-state index is 16.7. The van der Waals surface area contributed by atoms with Crippen molar-refractivity contribution in [2.75, 3.05) is 38.5 Å². The number of hydrazine groups is 1. The van der Waals surface area contributed by atoms with Crippen LogP contribution in [0, 0.1) is 0 Å². The van der Waals surface area contributed by atoms with E-state index in [-0.39, 0.29) is 0 Å². The van der Waals surface area contributed by atoms with Crippen molar-refractivity contribution >= 4 is 9.42 Å². The van der Waals surface area contributed by atoms with Crippen LogP contribution in [-0.4, -0.2) is 42.9 Å². The van der Waals surface area contributed by atoms with E-state index in [1.165, 1.54) is 0 Å². The lowest BCUT2D eigenvalue weighted by atomic mass is 10.3. The predicted molar refractivity (Wildman–Crippen MR) is 75.4 cm³/mol. The zero-order chi connectivity index (χ0) is 12.6. The monoisotopic (exact) mass is 279 g/mol. The molecule has 0 atom stereocenters. The van der Waals surface area contributed by atoms with E-state index in [4.69, 9.17) is 0 Å². The Labute approximate surface area is 108 Å². The molecule has 3 aliphatic heterocycles. The van der Waals surface area contributed by atoms with Crippen LogP contribution in [0.3, 0.4) is 0 Å². The van der Waals surface area contributed by atoms with Gasteiger partial charge in [0.25, 0.3) is 0 Å². The highest BCUT2D eigenvalue weighted by Crippen LogP contribution is 2.84. The Kier molecular flexibility index (Phi) is 2.93. The summed E-state index contributed by atoms with van der Waals surface area (Å²) in [5.41, 5.74) is 3.30. The first-order valence-corrected chi connectivity index (χ1v) is 9.67. The fraction of sp³-hybridized carbons (Fsp3) is 1.00. The van der Waals surface area contributed by atoms with E-state index < -0.39 is 9.42 Å². The van der Waals surface area contributed by atoms with Gasteiger partial charge in [0.05, 0.1) is 0 Å². The third kappa shape index (κ3) is 1.72. The Morgan fingerprint density at radius 1 is 0.778 bits per heavy atom. The molecule has 0 aromatic carbocycles. The molecule has 1 spiro atoms. The molecule has 0 unspecified atom stereocenters. The van der Waals surface area contributed by atoms with Crippen LogP contribution in [0.2, 0.25) is 0 Å². The van der Waals surface area contributed by atoms with Gasteiger partial charge >= 0.3 is 0 Å². The zero-order valence-electron chi connectivity index (χ0n) is 11.0. The molecule has 0 bridgehead atoms. The third-order valence-electron chi connectivity index (χ3n) is 4.45. The molecule has 3 saturated heterocycles. The summed E-state index contributed by atoms with van der Waals surface area (Å²) in [6, 6.07) is 0. The molecule has 0 aliphatic carbocycles. The zero-order valence-corrected chi connectivity index (χ0v) is 11.8. The number of hydrogen-bond donors (Lipinski definition) is 4. The van der Waals surface area contributed by atoms with Crippen molar-refractivity contribution in [3.63, 3.8) is 0 Å². The molecule has 3 fully saturated rings. The molecule has 3 heterocycles. The second kappa shape index (κ2) is 4.04. The highest BCUT2D eigenvalue weighted by molar-refractivity contribution is 8.55. The molecular formula is C11H26FN5S. The molecule has 18 heavy (non-hydrogen) atoms.